The van der Waals surface area contributed by atoms with Gasteiger partial charge in [0.05, 0.1) is 0 Å². The Kier molecular flexibility index (Phi) is 4.38. The minimum Gasteiger partial charge on any atom is -0.349 e. The summed E-state index contributed by atoms with van der Waals surface area (Å²) in [5.74, 6) is -1.19. The molecule has 3 N–H and O–H groups in total. The van der Waals surface area contributed by atoms with Gasteiger partial charge in [-0.15, -0.1) is 0 Å². The Bertz CT molecular complexity index is 257. The monoisotopic (exact) mass is 240 g/mol. The molecule has 0 rings (SSSR count). The van der Waals surface area contributed by atoms with E-state index in [2.05, 4.69) is 5.32 Å². The van der Waals surface area contributed by atoms with E-state index in [4.69, 9.17) is 5.73 Å². The second-order valence-corrected chi connectivity index (χ2v) is 4.42. The molecule has 0 aromatic carbocycles. The van der Waals surface area contributed by atoms with Crippen LogP contribution in [0.4, 0.5) is 13.2 Å². The summed E-state index contributed by atoms with van der Waals surface area (Å²) in [4.78, 5) is 11.5. The van der Waals surface area contributed by atoms with Crippen LogP contribution in [0.3, 0.4) is 0 Å². The Morgan fingerprint density at radius 2 is 1.56 bits per heavy atom. The third-order valence-electron chi connectivity index (χ3n) is 3.04. The van der Waals surface area contributed by atoms with Crippen molar-refractivity contribution in [3.8, 4) is 0 Å². The first-order valence-corrected chi connectivity index (χ1v) is 5.18. The summed E-state index contributed by atoms with van der Waals surface area (Å²) < 4.78 is 37.4. The summed E-state index contributed by atoms with van der Waals surface area (Å²) in [7, 11) is 0. The van der Waals surface area contributed by atoms with Crippen LogP contribution < -0.4 is 11.1 Å². The molecule has 96 valence electrons. The number of carbonyl (C=O) groups is 1. The molecule has 0 bridgehead atoms. The van der Waals surface area contributed by atoms with Crippen LogP contribution >= 0.6 is 0 Å². The zero-order valence-electron chi connectivity index (χ0n) is 10.0. The molecule has 1 atom stereocenters. The molecule has 0 saturated carbocycles. The van der Waals surface area contributed by atoms with Crippen LogP contribution in [-0.4, -0.2) is 23.2 Å². The molecule has 0 spiro atoms. The van der Waals surface area contributed by atoms with Gasteiger partial charge in [-0.1, -0.05) is 13.8 Å². The van der Waals surface area contributed by atoms with E-state index in [0.717, 1.165) is 0 Å². The van der Waals surface area contributed by atoms with E-state index in [-0.39, 0.29) is 0 Å². The predicted molar refractivity (Wildman–Crippen MR) is 55.8 cm³/mol. The Hall–Kier alpha value is -0.780. The molecule has 1 amide bonds. The van der Waals surface area contributed by atoms with Crippen LogP contribution in [0, 0.1) is 0 Å². The van der Waals surface area contributed by atoms with Crippen LogP contribution in [0.2, 0.25) is 0 Å². The molecular weight excluding hydrogens is 221 g/mol. The SMILES string of the molecule is CCC(C)(CC)NC(=O)C(C)(N)C(F)(F)F. The molecule has 0 aromatic heterocycles. The van der Waals surface area contributed by atoms with Gasteiger partial charge in [-0.2, -0.15) is 13.2 Å². The van der Waals surface area contributed by atoms with Crippen LogP contribution in [0.1, 0.15) is 40.5 Å². The summed E-state index contributed by atoms with van der Waals surface area (Å²) in [5, 5.41) is 2.36. The first-order valence-electron chi connectivity index (χ1n) is 5.18. The third-order valence-corrected chi connectivity index (χ3v) is 3.04. The van der Waals surface area contributed by atoms with Gasteiger partial charge in [0.1, 0.15) is 0 Å². The standard InChI is InChI=1S/C10H19F3N2O/c1-5-8(3,6-2)15-7(16)9(4,14)10(11,12)13/h5-6,14H2,1-4H3,(H,15,16). The summed E-state index contributed by atoms with van der Waals surface area (Å²) in [6.07, 6.45) is -3.66. The first-order chi connectivity index (χ1) is 7.00. The predicted octanol–water partition coefficient (Wildman–Crippen LogP) is 1.96. The Morgan fingerprint density at radius 3 is 1.81 bits per heavy atom. The number of nitrogens with one attached hydrogen (secondary N) is 1. The Balaban J connectivity index is 4.84. The topological polar surface area (TPSA) is 55.1 Å². The normalized spacial score (nSPS) is 16.8. The number of hydrogen-bond donors (Lipinski definition) is 2. The molecule has 3 nitrogen and oxygen atoms in total. The van der Waals surface area contributed by atoms with E-state index >= 15 is 0 Å². The highest BCUT2D eigenvalue weighted by Gasteiger charge is 2.54. The molecule has 0 aliphatic heterocycles. The van der Waals surface area contributed by atoms with Crippen molar-refractivity contribution in [2.24, 2.45) is 5.73 Å². The maximum absolute atomic E-state index is 12.5. The highest BCUT2D eigenvalue weighted by Crippen LogP contribution is 2.29. The zero-order valence-corrected chi connectivity index (χ0v) is 10.0. The number of rotatable bonds is 4. The molecule has 0 fully saturated rings. The van der Waals surface area contributed by atoms with Crippen molar-refractivity contribution >= 4 is 5.91 Å². The van der Waals surface area contributed by atoms with Crippen molar-refractivity contribution in [3.05, 3.63) is 0 Å². The van der Waals surface area contributed by atoms with Crippen LogP contribution in [0.5, 0.6) is 0 Å². The lowest BCUT2D eigenvalue weighted by molar-refractivity contribution is -0.188. The van der Waals surface area contributed by atoms with Crippen molar-refractivity contribution < 1.29 is 18.0 Å². The van der Waals surface area contributed by atoms with Crippen molar-refractivity contribution in [2.75, 3.05) is 0 Å². The van der Waals surface area contributed by atoms with Crippen LogP contribution in [0.25, 0.3) is 0 Å². The molecule has 0 aliphatic carbocycles. The first kappa shape index (κ1) is 15.2. The van der Waals surface area contributed by atoms with Gasteiger partial charge < -0.3 is 11.1 Å². The van der Waals surface area contributed by atoms with E-state index in [1.165, 1.54) is 0 Å². The van der Waals surface area contributed by atoms with Gasteiger partial charge in [-0.05, 0) is 26.7 Å². The maximum atomic E-state index is 12.5. The number of nitrogens with two attached hydrogens (primary N) is 1. The number of halogens is 3. The van der Waals surface area contributed by atoms with Crippen molar-refractivity contribution in [1.29, 1.82) is 0 Å². The molecule has 16 heavy (non-hydrogen) atoms. The highest BCUT2D eigenvalue weighted by molar-refractivity contribution is 5.87. The van der Waals surface area contributed by atoms with Gasteiger partial charge in [0.15, 0.2) is 5.54 Å². The molecule has 0 aromatic rings. The number of carbonyl (C=O) groups excluding carboxylic acids is 1. The van der Waals surface area contributed by atoms with Gasteiger partial charge in [-0.3, -0.25) is 4.79 Å². The fraction of sp³-hybridized carbons (Fsp3) is 0.900. The minimum absolute atomic E-state index is 0.545. The van der Waals surface area contributed by atoms with Gasteiger partial charge in [0.2, 0.25) is 5.91 Å². The van der Waals surface area contributed by atoms with Gasteiger partial charge in [-0.25, -0.2) is 0 Å². The summed E-state index contributed by atoms with van der Waals surface area (Å²) >= 11 is 0. The molecule has 0 radical (unpaired) electrons. The van der Waals surface area contributed by atoms with Crippen molar-refractivity contribution in [2.45, 2.75) is 57.8 Å². The van der Waals surface area contributed by atoms with E-state index in [9.17, 15) is 18.0 Å². The lowest BCUT2D eigenvalue weighted by Gasteiger charge is -2.34. The van der Waals surface area contributed by atoms with Crippen molar-refractivity contribution in [1.82, 2.24) is 5.32 Å². The molecule has 1 unspecified atom stereocenters. The zero-order chi connectivity index (χ0) is 13.2. The minimum atomic E-state index is -4.75. The van der Waals surface area contributed by atoms with Gasteiger partial charge in [0.25, 0.3) is 0 Å². The second-order valence-electron chi connectivity index (χ2n) is 4.42. The van der Waals surface area contributed by atoms with Crippen LogP contribution in [-0.2, 0) is 4.79 Å². The summed E-state index contributed by atoms with van der Waals surface area (Å²) in [6.45, 7) is 5.96. The molecule has 0 aliphatic rings. The van der Waals surface area contributed by atoms with E-state index < -0.39 is 23.2 Å². The van der Waals surface area contributed by atoms with E-state index in [1.54, 1.807) is 20.8 Å². The van der Waals surface area contributed by atoms with Gasteiger partial charge >= 0.3 is 6.18 Å². The lowest BCUT2D eigenvalue weighted by Crippen LogP contribution is -2.64. The molecule has 6 heteroatoms. The molecule has 0 saturated heterocycles. The number of alkyl halides is 3. The molecule has 0 heterocycles. The quantitative estimate of drug-likeness (QED) is 0.789. The fourth-order valence-electron chi connectivity index (χ4n) is 0.959. The summed E-state index contributed by atoms with van der Waals surface area (Å²) in [6, 6.07) is 0. The molecular formula is C10H19F3N2O. The number of amides is 1. The smallest absolute Gasteiger partial charge is 0.349 e. The van der Waals surface area contributed by atoms with Crippen molar-refractivity contribution in [3.63, 3.8) is 0 Å². The maximum Gasteiger partial charge on any atom is 0.415 e. The average molecular weight is 240 g/mol. The summed E-state index contributed by atoms with van der Waals surface area (Å²) in [5.41, 5.74) is 1.52. The Morgan fingerprint density at radius 1 is 1.19 bits per heavy atom. The number of hydrogen-bond acceptors (Lipinski definition) is 2. The average Bonchev–Trinajstić information content (AvgIpc) is 2.15. The second kappa shape index (κ2) is 4.61. The van der Waals surface area contributed by atoms with Gasteiger partial charge in [0, 0.05) is 5.54 Å². The highest BCUT2D eigenvalue weighted by atomic mass is 19.4. The largest absolute Gasteiger partial charge is 0.415 e. The Labute approximate surface area is 93.6 Å². The van der Waals surface area contributed by atoms with E-state index in [1.807, 2.05) is 0 Å². The van der Waals surface area contributed by atoms with E-state index in [0.29, 0.717) is 19.8 Å². The fourth-order valence-corrected chi connectivity index (χ4v) is 0.959. The van der Waals surface area contributed by atoms with Crippen LogP contribution in [0.15, 0.2) is 0 Å². The lowest BCUT2D eigenvalue weighted by atomic mass is 9.92. The third kappa shape index (κ3) is 3.10.